The molecule has 4 nitrogen and oxygen atoms in total. The summed E-state index contributed by atoms with van der Waals surface area (Å²) in [6.45, 7) is 0. The highest BCUT2D eigenvalue weighted by atomic mass is 35.5. The summed E-state index contributed by atoms with van der Waals surface area (Å²) in [4.78, 5) is 15.7. The summed E-state index contributed by atoms with van der Waals surface area (Å²) in [6, 6.07) is 8.57. The molecule has 19 heavy (non-hydrogen) atoms. The summed E-state index contributed by atoms with van der Waals surface area (Å²) in [5.74, 6) is -0.266. The molecule has 0 radical (unpaired) electrons. The maximum atomic E-state index is 11.7. The number of rotatable bonds is 3. The number of aromatic nitrogens is 1. The van der Waals surface area contributed by atoms with Gasteiger partial charge >= 0.3 is 0 Å². The van der Waals surface area contributed by atoms with Crippen molar-refractivity contribution in [2.45, 2.75) is 0 Å². The minimum Gasteiger partial charge on any atom is -0.397 e. The molecule has 0 saturated heterocycles. The van der Waals surface area contributed by atoms with Gasteiger partial charge in [0, 0.05) is 23.5 Å². The maximum absolute atomic E-state index is 11.7. The van der Waals surface area contributed by atoms with Crippen LogP contribution in [-0.2, 0) is 4.79 Å². The second kappa shape index (κ2) is 6.02. The van der Waals surface area contributed by atoms with Gasteiger partial charge in [0.05, 0.1) is 11.4 Å². The molecule has 3 N–H and O–H groups in total. The van der Waals surface area contributed by atoms with Crippen LogP contribution in [-0.4, -0.2) is 10.9 Å². The molecule has 2 rings (SSSR count). The second-order valence-electron chi connectivity index (χ2n) is 3.84. The lowest BCUT2D eigenvalue weighted by Crippen LogP contribution is -2.09. The van der Waals surface area contributed by atoms with E-state index in [1.165, 1.54) is 6.08 Å². The molecule has 1 aromatic carbocycles. The van der Waals surface area contributed by atoms with Crippen LogP contribution in [0.25, 0.3) is 6.08 Å². The Balaban J connectivity index is 2.04. The minimum absolute atomic E-state index is 0.266. The van der Waals surface area contributed by atoms with Gasteiger partial charge in [-0.2, -0.15) is 0 Å². The molecule has 96 valence electrons. The lowest BCUT2D eigenvalue weighted by atomic mass is 10.2. The van der Waals surface area contributed by atoms with Crippen molar-refractivity contribution >= 4 is 35.0 Å². The predicted octanol–water partition coefficient (Wildman–Crippen LogP) is 2.97. The molecule has 0 unspecified atom stereocenters. The number of hydrogen-bond donors (Lipinski definition) is 2. The Morgan fingerprint density at radius 2 is 2.21 bits per heavy atom. The molecule has 1 aromatic heterocycles. The summed E-state index contributed by atoms with van der Waals surface area (Å²) < 4.78 is 0. The number of benzene rings is 1. The highest BCUT2D eigenvalue weighted by molar-refractivity contribution is 6.31. The average Bonchev–Trinajstić information content (AvgIpc) is 2.41. The zero-order chi connectivity index (χ0) is 13.7. The molecule has 0 atom stereocenters. The molecule has 0 spiro atoms. The van der Waals surface area contributed by atoms with Crippen LogP contribution in [0, 0.1) is 0 Å². The number of pyridine rings is 1. The van der Waals surface area contributed by atoms with Crippen molar-refractivity contribution in [2.75, 3.05) is 11.1 Å². The van der Waals surface area contributed by atoms with Gasteiger partial charge in [0.25, 0.3) is 0 Å². The molecule has 2 aromatic rings. The average molecular weight is 274 g/mol. The largest absolute Gasteiger partial charge is 0.397 e. The van der Waals surface area contributed by atoms with Crippen LogP contribution in [0.3, 0.4) is 0 Å². The summed E-state index contributed by atoms with van der Waals surface area (Å²) >= 11 is 5.78. The zero-order valence-corrected chi connectivity index (χ0v) is 10.8. The first kappa shape index (κ1) is 13.1. The van der Waals surface area contributed by atoms with Gasteiger partial charge in [0.2, 0.25) is 5.91 Å². The van der Waals surface area contributed by atoms with Crippen LogP contribution in [0.4, 0.5) is 11.4 Å². The van der Waals surface area contributed by atoms with E-state index in [-0.39, 0.29) is 5.91 Å². The smallest absolute Gasteiger partial charge is 0.248 e. The molecule has 0 bridgehead atoms. The van der Waals surface area contributed by atoms with Crippen molar-refractivity contribution in [1.29, 1.82) is 0 Å². The number of anilines is 2. The number of amides is 1. The van der Waals surface area contributed by atoms with Gasteiger partial charge < -0.3 is 11.1 Å². The fourth-order valence-electron chi connectivity index (χ4n) is 1.47. The van der Waals surface area contributed by atoms with Crippen molar-refractivity contribution in [3.8, 4) is 0 Å². The topological polar surface area (TPSA) is 68.0 Å². The van der Waals surface area contributed by atoms with E-state index in [9.17, 15) is 4.79 Å². The Labute approximate surface area is 115 Å². The van der Waals surface area contributed by atoms with Gasteiger partial charge in [-0.05, 0) is 35.9 Å². The summed E-state index contributed by atoms with van der Waals surface area (Å²) in [7, 11) is 0. The Morgan fingerprint density at radius 3 is 2.89 bits per heavy atom. The third-order valence-electron chi connectivity index (χ3n) is 2.38. The third kappa shape index (κ3) is 3.82. The van der Waals surface area contributed by atoms with E-state index in [4.69, 9.17) is 17.3 Å². The molecule has 0 aliphatic carbocycles. The molecule has 5 heteroatoms. The van der Waals surface area contributed by atoms with E-state index < -0.39 is 0 Å². The number of nitrogen functional groups attached to an aromatic ring is 1. The van der Waals surface area contributed by atoms with Gasteiger partial charge in [-0.15, -0.1) is 0 Å². The summed E-state index contributed by atoms with van der Waals surface area (Å²) in [5, 5.41) is 3.21. The second-order valence-corrected chi connectivity index (χ2v) is 4.28. The van der Waals surface area contributed by atoms with E-state index in [1.54, 1.807) is 42.7 Å². The molecule has 0 aliphatic rings. The Hall–Kier alpha value is -2.33. The van der Waals surface area contributed by atoms with Gasteiger partial charge in [0.1, 0.15) is 0 Å². The lowest BCUT2D eigenvalue weighted by molar-refractivity contribution is -0.111. The first-order chi connectivity index (χ1) is 9.15. The standard InChI is InChI=1S/C14H12ClN3O/c15-11-4-5-13(12(16)8-11)18-14(19)6-3-10-2-1-7-17-9-10/h1-9H,16H2,(H,18,19)/b6-3+. The Bertz CT molecular complexity index is 611. The van der Waals surface area contributed by atoms with Crippen LogP contribution in [0.5, 0.6) is 0 Å². The SMILES string of the molecule is Nc1cc(Cl)ccc1NC(=O)/C=C/c1cccnc1. The first-order valence-electron chi connectivity index (χ1n) is 5.59. The monoisotopic (exact) mass is 273 g/mol. The highest BCUT2D eigenvalue weighted by Crippen LogP contribution is 2.22. The van der Waals surface area contributed by atoms with Crippen molar-refractivity contribution in [1.82, 2.24) is 4.98 Å². The van der Waals surface area contributed by atoms with E-state index in [0.29, 0.717) is 16.4 Å². The number of carbonyl (C=O) groups excluding carboxylic acids is 1. The van der Waals surface area contributed by atoms with Crippen LogP contribution in [0.15, 0.2) is 48.8 Å². The van der Waals surface area contributed by atoms with Crippen LogP contribution < -0.4 is 11.1 Å². The molecule has 0 saturated carbocycles. The van der Waals surface area contributed by atoms with E-state index >= 15 is 0 Å². The number of carbonyl (C=O) groups is 1. The van der Waals surface area contributed by atoms with Crippen molar-refractivity contribution in [3.05, 3.63) is 59.4 Å². The highest BCUT2D eigenvalue weighted by Gasteiger charge is 2.02. The quantitative estimate of drug-likeness (QED) is 0.667. The molecular weight excluding hydrogens is 262 g/mol. The molecule has 0 aliphatic heterocycles. The van der Waals surface area contributed by atoms with Crippen LogP contribution >= 0.6 is 11.6 Å². The van der Waals surface area contributed by atoms with Crippen LogP contribution in [0.1, 0.15) is 5.56 Å². The lowest BCUT2D eigenvalue weighted by Gasteiger charge is -2.06. The normalized spacial score (nSPS) is 10.6. The molecule has 1 amide bonds. The van der Waals surface area contributed by atoms with Crippen molar-refractivity contribution in [3.63, 3.8) is 0 Å². The van der Waals surface area contributed by atoms with Gasteiger partial charge in [-0.1, -0.05) is 17.7 Å². The number of nitrogens with one attached hydrogen (secondary N) is 1. The van der Waals surface area contributed by atoms with Crippen molar-refractivity contribution in [2.24, 2.45) is 0 Å². The molecular formula is C14H12ClN3O. The fourth-order valence-corrected chi connectivity index (χ4v) is 1.65. The third-order valence-corrected chi connectivity index (χ3v) is 2.62. The van der Waals surface area contributed by atoms with Gasteiger partial charge in [-0.3, -0.25) is 9.78 Å². The molecule has 1 heterocycles. The van der Waals surface area contributed by atoms with E-state index in [0.717, 1.165) is 5.56 Å². The molecule has 0 fully saturated rings. The van der Waals surface area contributed by atoms with Gasteiger partial charge in [-0.25, -0.2) is 0 Å². The Kier molecular flexibility index (Phi) is 4.15. The summed E-state index contributed by atoms with van der Waals surface area (Å²) in [5.41, 5.74) is 7.55. The number of nitrogens with zero attached hydrogens (tertiary/aromatic N) is 1. The Morgan fingerprint density at radius 1 is 1.37 bits per heavy atom. The van der Waals surface area contributed by atoms with E-state index in [2.05, 4.69) is 10.3 Å². The summed E-state index contributed by atoms with van der Waals surface area (Å²) in [6.07, 6.45) is 6.44. The number of nitrogens with two attached hydrogens (primary N) is 1. The van der Waals surface area contributed by atoms with E-state index in [1.807, 2.05) is 6.07 Å². The minimum atomic E-state index is -0.266. The zero-order valence-electron chi connectivity index (χ0n) is 10.0. The fraction of sp³-hybridized carbons (Fsp3) is 0. The number of hydrogen-bond acceptors (Lipinski definition) is 3. The van der Waals surface area contributed by atoms with Gasteiger partial charge in [0.15, 0.2) is 0 Å². The van der Waals surface area contributed by atoms with Crippen molar-refractivity contribution < 1.29 is 4.79 Å². The first-order valence-corrected chi connectivity index (χ1v) is 5.97. The van der Waals surface area contributed by atoms with Crippen LogP contribution in [0.2, 0.25) is 5.02 Å². The number of halogens is 1. The maximum Gasteiger partial charge on any atom is 0.248 e. The predicted molar refractivity (Wildman–Crippen MR) is 77.8 cm³/mol.